The van der Waals surface area contributed by atoms with Gasteiger partial charge in [-0.15, -0.1) is 0 Å². The van der Waals surface area contributed by atoms with E-state index in [9.17, 15) is 17.2 Å². The van der Waals surface area contributed by atoms with Crippen LogP contribution in [0, 0.1) is 17.0 Å². The molecular formula is C10H13F2N3O2S. The van der Waals surface area contributed by atoms with E-state index in [1.54, 1.807) is 0 Å². The quantitative estimate of drug-likeness (QED) is 0.619. The van der Waals surface area contributed by atoms with Crippen molar-refractivity contribution in [2.45, 2.75) is 11.8 Å². The lowest BCUT2D eigenvalue weighted by atomic mass is 10.3. The van der Waals surface area contributed by atoms with Crippen molar-refractivity contribution in [1.29, 1.82) is 5.41 Å². The second kappa shape index (κ2) is 5.40. The van der Waals surface area contributed by atoms with E-state index in [4.69, 9.17) is 11.1 Å². The molecule has 0 saturated carbocycles. The fourth-order valence-electron chi connectivity index (χ4n) is 1.37. The van der Waals surface area contributed by atoms with Crippen molar-refractivity contribution in [3.63, 3.8) is 0 Å². The standard InChI is InChI=1S/C10H13F2N3O2S/c1-2-15(6-10(13)14)18(16,17)9-5-7(11)3-4-8(9)12/h3-5H,2,6H2,1H3,(H3,13,14). The number of sulfonamides is 1. The Hall–Kier alpha value is -1.54. The monoisotopic (exact) mass is 277 g/mol. The molecule has 0 fully saturated rings. The van der Waals surface area contributed by atoms with Crippen molar-refractivity contribution >= 4 is 15.9 Å². The summed E-state index contributed by atoms with van der Waals surface area (Å²) in [5.41, 5.74) is 5.12. The zero-order valence-corrected chi connectivity index (χ0v) is 10.5. The average molecular weight is 277 g/mol. The third-order valence-electron chi connectivity index (χ3n) is 2.21. The van der Waals surface area contributed by atoms with E-state index < -0.39 is 26.6 Å². The van der Waals surface area contributed by atoms with E-state index in [1.807, 2.05) is 0 Å². The van der Waals surface area contributed by atoms with Crippen molar-refractivity contribution in [1.82, 2.24) is 4.31 Å². The van der Waals surface area contributed by atoms with Crippen LogP contribution in [0.1, 0.15) is 6.92 Å². The lowest BCUT2D eigenvalue weighted by Crippen LogP contribution is -2.38. The van der Waals surface area contributed by atoms with Crippen LogP contribution in [0.2, 0.25) is 0 Å². The van der Waals surface area contributed by atoms with Crippen LogP contribution in [-0.2, 0) is 10.0 Å². The summed E-state index contributed by atoms with van der Waals surface area (Å²) in [6.07, 6.45) is 0. The van der Waals surface area contributed by atoms with Gasteiger partial charge in [0, 0.05) is 6.54 Å². The van der Waals surface area contributed by atoms with Gasteiger partial charge in [-0.2, -0.15) is 4.31 Å². The highest BCUT2D eigenvalue weighted by atomic mass is 32.2. The van der Waals surface area contributed by atoms with Crippen LogP contribution in [0.3, 0.4) is 0 Å². The topological polar surface area (TPSA) is 87.2 Å². The first-order valence-corrected chi connectivity index (χ1v) is 6.51. The highest BCUT2D eigenvalue weighted by molar-refractivity contribution is 7.89. The summed E-state index contributed by atoms with van der Waals surface area (Å²) in [5.74, 6) is -2.27. The molecule has 100 valence electrons. The third kappa shape index (κ3) is 3.02. The maximum absolute atomic E-state index is 13.4. The molecule has 8 heteroatoms. The Balaban J connectivity index is 3.26. The molecule has 0 amide bonds. The summed E-state index contributed by atoms with van der Waals surface area (Å²) in [6.45, 7) is 1.14. The number of nitrogens with one attached hydrogen (secondary N) is 1. The zero-order chi connectivity index (χ0) is 13.9. The molecule has 1 rings (SSSR count). The van der Waals surface area contributed by atoms with Gasteiger partial charge in [0.05, 0.1) is 6.54 Å². The summed E-state index contributed by atoms with van der Waals surface area (Å²) in [7, 11) is -4.20. The first-order chi connectivity index (χ1) is 8.28. The molecule has 0 heterocycles. The molecule has 0 atom stereocenters. The number of rotatable bonds is 5. The van der Waals surface area contributed by atoms with Crippen molar-refractivity contribution in [3.8, 4) is 0 Å². The molecule has 0 aliphatic rings. The van der Waals surface area contributed by atoms with Gasteiger partial charge in [-0.05, 0) is 18.2 Å². The molecule has 0 spiro atoms. The van der Waals surface area contributed by atoms with Crippen LogP contribution >= 0.6 is 0 Å². The first-order valence-electron chi connectivity index (χ1n) is 5.07. The van der Waals surface area contributed by atoms with Gasteiger partial charge in [-0.25, -0.2) is 17.2 Å². The van der Waals surface area contributed by atoms with Crippen LogP contribution < -0.4 is 5.73 Å². The molecule has 0 saturated heterocycles. The molecular weight excluding hydrogens is 264 g/mol. The lowest BCUT2D eigenvalue weighted by Gasteiger charge is -2.19. The van der Waals surface area contributed by atoms with Crippen LogP contribution in [-0.4, -0.2) is 31.6 Å². The number of hydrogen-bond donors (Lipinski definition) is 2. The summed E-state index contributed by atoms with van der Waals surface area (Å²) in [5, 5.41) is 7.07. The molecule has 0 aliphatic heterocycles. The maximum atomic E-state index is 13.4. The number of hydrogen-bond acceptors (Lipinski definition) is 3. The van der Waals surface area contributed by atoms with Gasteiger partial charge in [0.2, 0.25) is 10.0 Å². The van der Waals surface area contributed by atoms with Gasteiger partial charge in [-0.1, -0.05) is 6.92 Å². The smallest absolute Gasteiger partial charge is 0.246 e. The van der Waals surface area contributed by atoms with Gasteiger partial charge in [0.1, 0.15) is 22.4 Å². The van der Waals surface area contributed by atoms with E-state index >= 15 is 0 Å². The number of benzene rings is 1. The molecule has 0 aromatic heterocycles. The minimum atomic E-state index is -4.20. The van der Waals surface area contributed by atoms with Crippen molar-refractivity contribution < 1.29 is 17.2 Å². The van der Waals surface area contributed by atoms with Crippen molar-refractivity contribution in [2.75, 3.05) is 13.1 Å². The van der Waals surface area contributed by atoms with E-state index in [1.165, 1.54) is 6.92 Å². The van der Waals surface area contributed by atoms with E-state index in [2.05, 4.69) is 0 Å². The second-order valence-electron chi connectivity index (χ2n) is 3.53. The van der Waals surface area contributed by atoms with Crippen molar-refractivity contribution in [3.05, 3.63) is 29.8 Å². The normalized spacial score (nSPS) is 11.8. The lowest BCUT2D eigenvalue weighted by molar-refractivity contribution is 0.457. The molecule has 3 N–H and O–H groups in total. The van der Waals surface area contributed by atoms with Crippen LogP contribution in [0.15, 0.2) is 23.1 Å². The van der Waals surface area contributed by atoms with Crippen molar-refractivity contribution in [2.24, 2.45) is 5.73 Å². The molecule has 1 aromatic rings. The Kier molecular flexibility index (Phi) is 4.36. The zero-order valence-electron chi connectivity index (χ0n) is 9.65. The first kappa shape index (κ1) is 14.5. The second-order valence-corrected chi connectivity index (χ2v) is 5.44. The third-order valence-corrected chi connectivity index (χ3v) is 4.15. The molecule has 0 radical (unpaired) electrons. The van der Waals surface area contributed by atoms with Gasteiger partial charge >= 0.3 is 0 Å². The largest absolute Gasteiger partial charge is 0.387 e. The fraction of sp³-hybridized carbons (Fsp3) is 0.300. The SMILES string of the molecule is CCN(CC(=N)N)S(=O)(=O)c1cc(F)ccc1F. The van der Waals surface area contributed by atoms with Gasteiger partial charge in [-0.3, -0.25) is 5.41 Å². The maximum Gasteiger partial charge on any atom is 0.246 e. The Morgan fingerprint density at radius 1 is 1.44 bits per heavy atom. The number of halogens is 2. The summed E-state index contributed by atoms with van der Waals surface area (Å²) in [6, 6.07) is 2.17. The Morgan fingerprint density at radius 2 is 2.06 bits per heavy atom. The average Bonchev–Trinajstić information content (AvgIpc) is 2.28. The van der Waals surface area contributed by atoms with Gasteiger partial charge < -0.3 is 5.73 Å². The molecule has 0 bridgehead atoms. The number of amidine groups is 1. The highest BCUT2D eigenvalue weighted by Gasteiger charge is 2.27. The van der Waals surface area contributed by atoms with Crippen LogP contribution in [0.25, 0.3) is 0 Å². The molecule has 18 heavy (non-hydrogen) atoms. The summed E-state index contributed by atoms with van der Waals surface area (Å²) >= 11 is 0. The molecule has 5 nitrogen and oxygen atoms in total. The molecule has 0 unspecified atom stereocenters. The molecule has 1 aromatic carbocycles. The van der Waals surface area contributed by atoms with Crippen LogP contribution in [0.5, 0.6) is 0 Å². The number of nitrogens with two attached hydrogens (primary N) is 1. The minimum Gasteiger partial charge on any atom is -0.387 e. The highest BCUT2D eigenvalue weighted by Crippen LogP contribution is 2.20. The Bertz CT molecular complexity index is 560. The summed E-state index contributed by atoms with van der Waals surface area (Å²) in [4.78, 5) is -0.759. The molecule has 0 aliphatic carbocycles. The minimum absolute atomic E-state index is 0.00212. The predicted octanol–water partition coefficient (Wildman–Crippen LogP) is 0.911. The number of nitrogens with zero attached hydrogens (tertiary/aromatic N) is 1. The van der Waals surface area contributed by atoms with Crippen LogP contribution in [0.4, 0.5) is 8.78 Å². The van der Waals surface area contributed by atoms with Gasteiger partial charge in [0.15, 0.2) is 0 Å². The predicted molar refractivity (Wildman–Crippen MR) is 62.7 cm³/mol. The number of likely N-dealkylation sites (N-methyl/N-ethyl adjacent to an activating group) is 1. The Labute approximate surface area is 104 Å². The van der Waals surface area contributed by atoms with E-state index in [0.717, 1.165) is 16.4 Å². The fourth-order valence-corrected chi connectivity index (χ4v) is 2.87. The van der Waals surface area contributed by atoms with E-state index in [0.29, 0.717) is 6.07 Å². The van der Waals surface area contributed by atoms with Gasteiger partial charge in [0.25, 0.3) is 0 Å². The summed E-state index contributed by atoms with van der Waals surface area (Å²) < 4.78 is 51.3. The Morgan fingerprint density at radius 3 is 2.56 bits per heavy atom. The van der Waals surface area contributed by atoms with E-state index in [-0.39, 0.29) is 18.9 Å².